The number of nitrogens with zero attached hydrogens (tertiary/aromatic N) is 2. The lowest BCUT2D eigenvalue weighted by Gasteiger charge is -2.21. The van der Waals surface area contributed by atoms with E-state index in [2.05, 4.69) is 10.6 Å². The highest BCUT2D eigenvalue weighted by Crippen LogP contribution is 2.31. The third kappa shape index (κ3) is 5.77. The van der Waals surface area contributed by atoms with Gasteiger partial charge in [-0.15, -0.1) is 0 Å². The van der Waals surface area contributed by atoms with Crippen molar-refractivity contribution in [3.8, 4) is 0 Å². The first-order valence-electron chi connectivity index (χ1n) is 11.7. The molecule has 3 rings (SSSR count). The molecule has 184 valence electrons. The van der Waals surface area contributed by atoms with E-state index in [0.29, 0.717) is 49.8 Å². The molecule has 0 aromatic heterocycles. The van der Waals surface area contributed by atoms with Crippen molar-refractivity contribution < 1.29 is 18.0 Å². The second-order valence-electron chi connectivity index (χ2n) is 8.75. The van der Waals surface area contributed by atoms with Crippen LogP contribution in [0.4, 0.5) is 11.4 Å². The highest BCUT2D eigenvalue weighted by atomic mass is 32.2. The van der Waals surface area contributed by atoms with Gasteiger partial charge >= 0.3 is 0 Å². The molecule has 0 radical (unpaired) electrons. The van der Waals surface area contributed by atoms with Gasteiger partial charge in [-0.3, -0.25) is 9.59 Å². The second-order valence-corrected chi connectivity index (χ2v) is 10.7. The van der Waals surface area contributed by atoms with Crippen LogP contribution in [0.1, 0.15) is 43.6 Å². The van der Waals surface area contributed by atoms with E-state index < -0.39 is 10.0 Å². The Kier molecular flexibility index (Phi) is 8.33. The molecule has 0 atom stereocenters. The molecule has 0 saturated carbocycles. The lowest BCUT2D eigenvalue weighted by atomic mass is 10.1. The smallest absolute Gasteiger partial charge is 0.253 e. The number of hydrogen-bond donors (Lipinski definition) is 2. The van der Waals surface area contributed by atoms with Crippen LogP contribution in [0.15, 0.2) is 47.4 Å². The molecule has 9 heteroatoms. The minimum Gasteiger partial charge on any atom is -0.362 e. The van der Waals surface area contributed by atoms with E-state index in [1.54, 1.807) is 42.5 Å². The zero-order valence-electron chi connectivity index (χ0n) is 20.3. The van der Waals surface area contributed by atoms with E-state index in [0.717, 1.165) is 11.3 Å². The summed E-state index contributed by atoms with van der Waals surface area (Å²) in [7, 11) is -3.53. The number of carbonyl (C=O) groups is 2. The number of fused-ring (bicyclic) bond motifs is 1. The SMILES string of the molecule is CCN(CC)S(=O)(=O)c1ccc2c(c1)CCN2CC(=O)Nc1ccccc1C(=O)NCC(C)C. The van der Waals surface area contributed by atoms with Gasteiger partial charge in [0.15, 0.2) is 0 Å². The number of nitrogens with one attached hydrogen (secondary N) is 2. The third-order valence-corrected chi connectivity index (χ3v) is 7.88. The van der Waals surface area contributed by atoms with Crippen molar-refractivity contribution in [2.75, 3.05) is 42.9 Å². The van der Waals surface area contributed by atoms with E-state index in [-0.39, 0.29) is 23.3 Å². The zero-order valence-corrected chi connectivity index (χ0v) is 21.1. The van der Waals surface area contributed by atoms with Crippen LogP contribution in [0.25, 0.3) is 0 Å². The van der Waals surface area contributed by atoms with Gasteiger partial charge in [0, 0.05) is 31.9 Å². The first-order chi connectivity index (χ1) is 16.2. The Bertz CT molecular complexity index is 1140. The van der Waals surface area contributed by atoms with Gasteiger partial charge in [0.1, 0.15) is 0 Å². The zero-order chi connectivity index (χ0) is 24.9. The minimum absolute atomic E-state index is 0.108. The summed E-state index contributed by atoms with van der Waals surface area (Å²) in [5.41, 5.74) is 2.66. The van der Waals surface area contributed by atoms with Crippen LogP contribution in [0, 0.1) is 5.92 Å². The van der Waals surface area contributed by atoms with E-state index >= 15 is 0 Å². The summed E-state index contributed by atoms with van der Waals surface area (Å²) in [4.78, 5) is 27.6. The van der Waals surface area contributed by atoms with Gasteiger partial charge in [-0.25, -0.2) is 8.42 Å². The average Bonchev–Trinajstić information content (AvgIpc) is 3.20. The molecule has 2 aromatic carbocycles. The van der Waals surface area contributed by atoms with E-state index in [9.17, 15) is 18.0 Å². The predicted octanol–water partition coefficient (Wildman–Crippen LogP) is 3.10. The standard InChI is InChI=1S/C25H34N4O4S/c1-5-29(6-2)34(32,33)20-11-12-23-19(15-20)13-14-28(23)17-24(30)27-22-10-8-7-9-21(22)25(31)26-16-18(3)4/h7-12,15,18H,5-6,13-14,16-17H2,1-4H3,(H,26,31)(H,27,30). The van der Waals surface area contributed by atoms with Crippen LogP contribution in [-0.4, -0.2) is 57.3 Å². The number of para-hydroxylation sites is 1. The number of hydrogen-bond acceptors (Lipinski definition) is 5. The van der Waals surface area contributed by atoms with Crippen molar-refractivity contribution in [3.05, 3.63) is 53.6 Å². The molecular formula is C25H34N4O4S. The number of carbonyl (C=O) groups excluding carboxylic acids is 2. The maximum atomic E-state index is 12.8. The molecule has 8 nitrogen and oxygen atoms in total. The predicted molar refractivity (Wildman–Crippen MR) is 135 cm³/mol. The van der Waals surface area contributed by atoms with Crippen molar-refractivity contribution in [2.24, 2.45) is 5.92 Å². The van der Waals surface area contributed by atoms with Crippen molar-refractivity contribution in [1.82, 2.24) is 9.62 Å². The summed E-state index contributed by atoms with van der Waals surface area (Å²) < 4.78 is 27.1. The Morgan fingerprint density at radius 3 is 2.47 bits per heavy atom. The van der Waals surface area contributed by atoms with E-state index in [1.165, 1.54) is 4.31 Å². The molecule has 0 spiro atoms. The first-order valence-corrected chi connectivity index (χ1v) is 13.2. The number of rotatable bonds is 10. The fraction of sp³-hybridized carbons (Fsp3) is 0.440. The van der Waals surface area contributed by atoms with Crippen molar-refractivity contribution in [1.29, 1.82) is 0 Å². The van der Waals surface area contributed by atoms with Gasteiger partial charge in [-0.05, 0) is 48.2 Å². The quantitative estimate of drug-likeness (QED) is 0.538. The van der Waals surface area contributed by atoms with Crippen LogP contribution in [0.5, 0.6) is 0 Å². The summed E-state index contributed by atoms with van der Waals surface area (Å²) in [5.74, 6) is -0.140. The maximum absolute atomic E-state index is 12.8. The molecule has 1 aliphatic rings. The van der Waals surface area contributed by atoms with Crippen LogP contribution in [-0.2, 0) is 21.2 Å². The Hall–Kier alpha value is -2.91. The highest BCUT2D eigenvalue weighted by Gasteiger charge is 2.27. The van der Waals surface area contributed by atoms with E-state index in [1.807, 2.05) is 32.6 Å². The van der Waals surface area contributed by atoms with Crippen LogP contribution in [0.3, 0.4) is 0 Å². The maximum Gasteiger partial charge on any atom is 0.253 e. The van der Waals surface area contributed by atoms with Gasteiger partial charge in [0.25, 0.3) is 5.91 Å². The van der Waals surface area contributed by atoms with Crippen LogP contribution < -0.4 is 15.5 Å². The fourth-order valence-corrected chi connectivity index (χ4v) is 5.54. The van der Waals surface area contributed by atoms with Gasteiger partial charge in [0.2, 0.25) is 15.9 Å². The highest BCUT2D eigenvalue weighted by molar-refractivity contribution is 7.89. The average molecular weight is 487 g/mol. The molecule has 1 aliphatic heterocycles. The van der Waals surface area contributed by atoms with E-state index in [4.69, 9.17) is 0 Å². The first kappa shape index (κ1) is 25.7. The largest absolute Gasteiger partial charge is 0.362 e. The Labute approximate surface area is 202 Å². The molecule has 0 unspecified atom stereocenters. The third-order valence-electron chi connectivity index (χ3n) is 5.84. The monoisotopic (exact) mass is 486 g/mol. The van der Waals surface area contributed by atoms with Crippen molar-refractivity contribution >= 4 is 33.2 Å². The molecule has 0 saturated heterocycles. The topological polar surface area (TPSA) is 98.8 Å². The van der Waals surface area contributed by atoms with Gasteiger partial charge in [0.05, 0.1) is 22.7 Å². The number of benzene rings is 2. The molecule has 0 bridgehead atoms. The Morgan fingerprint density at radius 1 is 1.09 bits per heavy atom. The number of sulfonamides is 1. The minimum atomic E-state index is -3.53. The van der Waals surface area contributed by atoms with Crippen molar-refractivity contribution in [2.45, 2.75) is 39.0 Å². The molecule has 34 heavy (non-hydrogen) atoms. The molecule has 0 aliphatic carbocycles. The summed E-state index contributed by atoms with van der Waals surface area (Å²) >= 11 is 0. The molecule has 0 fully saturated rings. The number of anilines is 2. The molecule has 2 amide bonds. The van der Waals surface area contributed by atoms with Gasteiger partial charge < -0.3 is 15.5 Å². The van der Waals surface area contributed by atoms with Crippen LogP contribution in [0.2, 0.25) is 0 Å². The van der Waals surface area contributed by atoms with Crippen LogP contribution >= 0.6 is 0 Å². The van der Waals surface area contributed by atoms with Gasteiger partial charge in [-0.1, -0.05) is 39.8 Å². The fourth-order valence-electron chi connectivity index (χ4n) is 4.03. The second kappa shape index (κ2) is 11.0. The number of amides is 2. The normalized spacial score (nSPS) is 13.3. The van der Waals surface area contributed by atoms with Crippen molar-refractivity contribution in [3.63, 3.8) is 0 Å². The lowest BCUT2D eigenvalue weighted by molar-refractivity contribution is -0.115. The summed E-state index contributed by atoms with van der Waals surface area (Å²) in [6.07, 6.45) is 0.665. The Morgan fingerprint density at radius 2 is 1.79 bits per heavy atom. The summed E-state index contributed by atoms with van der Waals surface area (Å²) in [5, 5.41) is 5.74. The Balaban J connectivity index is 1.71. The summed E-state index contributed by atoms with van der Waals surface area (Å²) in [6.45, 7) is 9.79. The molecule has 2 aromatic rings. The lowest BCUT2D eigenvalue weighted by Crippen LogP contribution is -2.33. The summed E-state index contributed by atoms with van der Waals surface area (Å²) in [6, 6.07) is 12.0. The van der Waals surface area contributed by atoms with Gasteiger partial charge in [-0.2, -0.15) is 4.31 Å². The molecular weight excluding hydrogens is 452 g/mol. The molecule has 1 heterocycles. The molecule has 2 N–H and O–H groups in total.